The molecule has 0 saturated carbocycles. The number of aromatic nitrogens is 1. The van der Waals surface area contributed by atoms with E-state index in [-0.39, 0.29) is 12.3 Å². The number of rotatable bonds is 4. The second-order valence-electron chi connectivity index (χ2n) is 5.67. The van der Waals surface area contributed by atoms with Crippen molar-refractivity contribution in [1.29, 1.82) is 0 Å². The van der Waals surface area contributed by atoms with Gasteiger partial charge in [0.1, 0.15) is 6.04 Å². The van der Waals surface area contributed by atoms with E-state index in [0.29, 0.717) is 19.4 Å². The zero-order chi connectivity index (χ0) is 16.2. The van der Waals surface area contributed by atoms with E-state index < -0.39 is 12.0 Å². The van der Waals surface area contributed by atoms with Crippen molar-refractivity contribution >= 4 is 11.9 Å². The molecule has 1 aromatic carbocycles. The number of aryl methyl sites for hydroxylation is 1. The molecule has 0 radical (unpaired) electrons. The Morgan fingerprint density at radius 2 is 1.87 bits per heavy atom. The minimum Gasteiger partial charge on any atom is -0.480 e. The summed E-state index contributed by atoms with van der Waals surface area (Å²) in [6.07, 6.45) is 2.84. The van der Waals surface area contributed by atoms with Gasteiger partial charge in [-0.25, -0.2) is 4.79 Å². The van der Waals surface area contributed by atoms with Crippen LogP contribution in [0.15, 0.2) is 48.7 Å². The Balaban J connectivity index is 1.74. The van der Waals surface area contributed by atoms with Crippen LogP contribution in [0, 0.1) is 0 Å². The predicted octanol–water partition coefficient (Wildman–Crippen LogP) is 2.05. The molecule has 1 aliphatic rings. The van der Waals surface area contributed by atoms with E-state index in [4.69, 9.17) is 0 Å². The van der Waals surface area contributed by atoms with Crippen LogP contribution in [0.5, 0.6) is 0 Å². The summed E-state index contributed by atoms with van der Waals surface area (Å²) in [5, 5.41) is 9.46. The molecule has 2 heterocycles. The highest BCUT2D eigenvalue weighted by Gasteiger charge is 2.34. The molecule has 23 heavy (non-hydrogen) atoms. The van der Waals surface area contributed by atoms with Gasteiger partial charge in [0.05, 0.1) is 0 Å². The number of aliphatic carboxylic acids is 1. The molecule has 1 atom stereocenters. The summed E-state index contributed by atoms with van der Waals surface area (Å²) in [4.78, 5) is 29.8. The monoisotopic (exact) mass is 310 g/mol. The van der Waals surface area contributed by atoms with E-state index >= 15 is 0 Å². The van der Waals surface area contributed by atoms with Gasteiger partial charge in [-0.2, -0.15) is 0 Å². The summed E-state index contributed by atoms with van der Waals surface area (Å²) in [6.45, 7) is 0.355. The van der Waals surface area contributed by atoms with Gasteiger partial charge in [-0.15, -0.1) is 0 Å². The SMILES string of the molecule is O=C(O)C1Cc2ccccc2CN1C(=O)CCc1ccccn1. The average molecular weight is 310 g/mol. The number of carbonyl (C=O) groups is 2. The summed E-state index contributed by atoms with van der Waals surface area (Å²) in [7, 11) is 0. The summed E-state index contributed by atoms with van der Waals surface area (Å²) in [5.74, 6) is -1.09. The fourth-order valence-electron chi connectivity index (χ4n) is 2.93. The maximum absolute atomic E-state index is 12.5. The van der Waals surface area contributed by atoms with Gasteiger partial charge >= 0.3 is 5.97 Å². The third-order valence-electron chi connectivity index (χ3n) is 4.18. The molecule has 5 nitrogen and oxygen atoms in total. The van der Waals surface area contributed by atoms with Gasteiger partial charge in [0, 0.05) is 31.3 Å². The van der Waals surface area contributed by atoms with Gasteiger partial charge in [0.25, 0.3) is 0 Å². The maximum atomic E-state index is 12.5. The molecule has 2 aromatic rings. The summed E-state index contributed by atoms with van der Waals surface area (Å²) in [5.41, 5.74) is 2.87. The van der Waals surface area contributed by atoms with Crippen LogP contribution in [0.4, 0.5) is 0 Å². The first kappa shape index (κ1) is 15.2. The molecule has 1 aliphatic heterocycles. The number of carboxylic acid groups (broad SMARTS) is 1. The lowest BCUT2D eigenvalue weighted by molar-refractivity contribution is -0.151. The number of carbonyl (C=O) groups excluding carboxylic acids is 1. The van der Waals surface area contributed by atoms with E-state index in [0.717, 1.165) is 16.8 Å². The Bertz CT molecular complexity index is 715. The summed E-state index contributed by atoms with van der Waals surface area (Å²) in [6, 6.07) is 12.5. The van der Waals surface area contributed by atoms with Crippen LogP contribution in [-0.2, 0) is 29.0 Å². The first-order valence-corrected chi connectivity index (χ1v) is 7.64. The van der Waals surface area contributed by atoms with Crippen LogP contribution in [0.2, 0.25) is 0 Å². The third-order valence-corrected chi connectivity index (χ3v) is 4.18. The fraction of sp³-hybridized carbons (Fsp3) is 0.278. The number of hydrogen-bond donors (Lipinski definition) is 1. The number of amides is 1. The second kappa shape index (κ2) is 6.60. The second-order valence-corrected chi connectivity index (χ2v) is 5.67. The highest BCUT2D eigenvalue weighted by Crippen LogP contribution is 2.24. The molecule has 5 heteroatoms. The standard InChI is InChI=1S/C18H18N2O3/c21-17(9-8-15-7-3-4-10-19-15)20-12-14-6-2-1-5-13(14)11-16(20)18(22)23/h1-7,10,16H,8-9,11-12H2,(H,22,23). The molecule has 0 aliphatic carbocycles. The molecule has 118 valence electrons. The molecule has 1 N–H and O–H groups in total. The van der Waals surface area contributed by atoms with E-state index in [1.807, 2.05) is 42.5 Å². The van der Waals surface area contributed by atoms with Crippen molar-refractivity contribution in [2.24, 2.45) is 0 Å². The first-order valence-electron chi connectivity index (χ1n) is 7.64. The summed E-state index contributed by atoms with van der Waals surface area (Å²) >= 11 is 0. The molecule has 0 saturated heterocycles. The zero-order valence-electron chi connectivity index (χ0n) is 12.7. The Hall–Kier alpha value is -2.69. The molecule has 1 amide bonds. The lowest BCUT2D eigenvalue weighted by Gasteiger charge is -2.34. The van der Waals surface area contributed by atoms with Crippen LogP contribution in [0.25, 0.3) is 0 Å². The number of benzene rings is 1. The number of carboxylic acids is 1. The molecule has 0 bridgehead atoms. The zero-order valence-corrected chi connectivity index (χ0v) is 12.7. The van der Waals surface area contributed by atoms with Crippen molar-refractivity contribution in [3.8, 4) is 0 Å². The molecule has 1 unspecified atom stereocenters. The van der Waals surface area contributed by atoms with Crippen molar-refractivity contribution in [2.75, 3.05) is 0 Å². The van der Waals surface area contributed by atoms with Gasteiger partial charge in [0.2, 0.25) is 5.91 Å². The summed E-state index contributed by atoms with van der Waals surface area (Å²) < 4.78 is 0. The Morgan fingerprint density at radius 3 is 2.57 bits per heavy atom. The first-order chi connectivity index (χ1) is 11.1. The van der Waals surface area contributed by atoms with E-state index in [1.165, 1.54) is 4.90 Å². The smallest absolute Gasteiger partial charge is 0.326 e. The fourth-order valence-corrected chi connectivity index (χ4v) is 2.93. The van der Waals surface area contributed by atoms with Gasteiger partial charge in [-0.3, -0.25) is 9.78 Å². The highest BCUT2D eigenvalue weighted by atomic mass is 16.4. The third kappa shape index (κ3) is 3.39. The quantitative estimate of drug-likeness (QED) is 0.938. The van der Waals surface area contributed by atoms with E-state index in [1.54, 1.807) is 6.20 Å². The maximum Gasteiger partial charge on any atom is 0.326 e. The minimum atomic E-state index is -0.953. The predicted molar refractivity (Wildman–Crippen MR) is 84.7 cm³/mol. The van der Waals surface area contributed by atoms with Crippen LogP contribution in [0.1, 0.15) is 23.2 Å². The average Bonchev–Trinajstić information content (AvgIpc) is 2.59. The minimum absolute atomic E-state index is 0.141. The van der Waals surface area contributed by atoms with Crippen molar-refractivity contribution in [3.63, 3.8) is 0 Å². The van der Waals surface area contributed by atoms with Crippen LogP contribution in [0.3, 0.4) is 0 Å². The number of fused-ring (bicyclic) bond motifs is 1. The van der Waals surface area contributed by atoms with E-state index in [9.17, 15) is 14.7 Å². The Kier molecular flexibility index (Phi) is 4.37. The molecular formula is C18H18N2O3. The number of pyridine rings is 1. The van der Waals surface area contributed by atoms with Gasteiger partial charge < -0.3 is 10.0 Å². The highest BCUT2D eigenvalue weighted by molar-refractivity contribution is 5.84. The van der Waals surface area contributed by atoms with Crippen molar-refractivity contribution in [3.05, 3.63) is 65.5 Å². The van der Waals surface area contributed by atoms with Crippen molar-refractivity contribution in [1.82, 2.24) is 9.88 Å². The van der Waals surface area contributed by atoms with Gasteiger partial charge in [-0.1, -0.05) is 30.3 Å². The molecular weight excluding hydrogens is 292 g/mol. The molecule has 3 rings (SSSR count). The molecule has 0 spiro atoms. The number of nitrogens with zero attached hydrogens (tertiary/aromatic N) is 2. The van der Waals surface area contributed by atoms with Gasteiger partial charge in [0.15, 0.2) is 0 Å². The lowest BCUT2D eigenvalue weighted by Crippen LogP contribution is -2.48. The largest absolute Gasteiger partial charge is 0.480 e. The van der Waals surface area contributed by atoms with Crippen LogP contribution < -0.4 is 0 Å². The Labute approximate surface area is 134 Å². The Morgan fingerprint density at radius 1 is 1.13 bits per heavy atom. The lowest BCUT2D eigenvalue weighted by atomic mass is 9.93. The molecule has 1 aromatic heterocycles. The van der Waals surface area contributed by atoms with Crippen molar-refractivity contribution in [2.45, 2.75) is 31.8 Å². The van der Waals surface area contributed by atoms with Crippen LogP contribution >= 0.6 is 0 Å². The van der Waals surface area contributed by atoms with Crippen LogP contribution in [-0.4, -0.2) is 32.9 Å². The van der Waals surface area contributed by atoms with Crippen molar-refractivity contribution < 1.29 is 14.7 Å². The number of hydrogen-bond acceptors (Lipinski definition) is 3. The van der Waals surface area contributed by atoms with E-state index in [2.05, 4.69) is 4.98 Å². The normalized spacial score (nSPS) is 16.7. The topological polar surface area (TPSA) is 70.5 Å². The molecule has 0 fully saturated rings. The van der Waals surface area contributed by atoms with Gasteiger partial charge in [-0.05, 0) is 29.7 Å².